The number of anilines is 1. The molecule has 9 nitrogen and oxygen atoms in total. The van der Waals surface area contributed by atoms with Crippen LogP contribution in [0.4, 0.5) is 20.2 Å². The molecule has 31 heavy (non-hydrogen) atoms. The molecule has 1 heterocycles. The minimum atomic E-state index is -2.90. The molecule has 0 fully saturated rings. The van der Waals surface area contributed by atoms with Gasteiger partial charge in [-0.1, -0.05) is 17.8 Å². The number of nitrogens with one attached hydrogen (secondary N) is 1. The Morgan fingerprint density at radius 1 is 1.26 bits per heavy atom. The number of ether oxygens (including phenoxy) is 1. The van der Waals surface area contributed by atoms with Crippen LogP contribution in [0, 0.1) is 10.1 Å². The monoisotopic (exact) mass is 449 g/mol. The molecule has 12 heteroatoms. The van der Waals surface area contributed by atoms with E-state index in [1.165, 1.54) is 30.3 Å². The number of carbonyl (C=O) groups is 1. The number of nitrogens with zero attached hydrogens (tertiary/aromatic N) is 4. The highest BCUT2D eigenvalue weighted by atomic mass is 32.2. The van der Waals surface area contributed by atoms with E-state index >= 15 is 0 Å². The number of hydrogen-bond donors (Lipinski definition) is 1. The lowest BCUT2D eigenvalue weighted by molar-refractivity contribution is -0.384. The highest BCUT2D eigenvalue weighted by Gasteiger charge is 2.16. The second kappa shape index (κ2) is 9.98. The number of halogens is 2. The topological polar surface area (TPSA) is 112 Å². The fraction of sp³-hybridized carbons (Fsp3) is 0.211. The maximum atomic E-state index is 12.3. The quantitative estimate of drug-likeness (QED) is 0.296. The van der Waals surface area contributed by atoms with Crippen molar-refractivity contribution >= 4 is 29.0 Å². The van der Waals surface area contributed by atoms with E-state index < -0.39 is 11.5 Å². The number of carbonyl (C=O) groups excluding carboxylic acids is 1. The van der Waals surface area contributed by atoms with Crippen LogP contribution in [0.25, 0.3) is 11.4 Å². The third-order valence-electron chi connectivity index (χ3n) is 4.04. The zero-order chi connectivity index (χ0) is 22.4. The van der Waals surface area contributed by atoms with Gasteiger partial charge < -0.3 is 14.6 Å². The van der Waals surface area contributed by atoms with Crippen LogP contribution in [0.1, 0.15) is 6.92 Å². The van der Waals surface area contributed by atoms with Gasteiger partial charge in [-0.2, -0.15) is 8.78 Å². The molecule has 0 atom stereocenters. The van der Waals surface area contributed by atoms with Gasteiger partial charge in [0.2, 0.25) is 5.91 Å². The number of amides is 1. The zero-order valence-electron chi connectivity index (χ0n) is 16.2. The van der Waals surface area contributed by atoms with E-state index in [-0.39, 0.29) is 23.1 Å². The summed E-state index contributed by atoms with van der Waals surface area (Å²) in [6.45, 7) is -0.498. The molecule has 0 aliphatic rings. The van der Waals surface area contributed by atoms with E-state index in [4.69, 9.17) is 0 Å². The third-order valence-corrected chi connectivity index (χ3v) is 5.01. The molecule has 0 saturated heterocycles. The Morgan fingerprint density at radius 2 is 2.00 bits per heavy atom. The molecule has 0 unspecified atom stereocenters. The Bertz CT molecular complexity index is 1080. The van der Waals surface area contributed by atoms with Crippen molar-refractivity contribution in [2.75, 3.05) is 11.1 Å². The molecule has 0 aliphatic heterocycles. The summed E-state index contributed by atoms with van der Waals surface area (Å²) in [7, 11) is 0. The molecule has 0 spiro atoms. The molecule has 1 N–H and O–H groups in total. The van der Waals surface area contributed by atoms with Crippen LogP contribution in [0.15, 0.2) is 53.7 Å². The van der Waals surface area contributed by atoms with Crippen molar-refractivity contribution in [3.8, 4) is 17.1 Å². The van der Waals surface area contributed by atoms with Crippen molar-refractivity contribution in [1.29, 1.82) is 0 Å². The summed E-state index contributed by atoms with van der Waals surface area (Å²) in [6.07, 6.45) is 0. The average Bonchev–Trinajstić information content (AvgIpc) is 3.15. The van der Waals surface area contributed by atoms with Gasteiger partial charge in [-0.15, -0.1) is 10.2 Å². The van der Waals surface area contributed by atoms with E-state index in [0.717, 1.165) is 11.8 Å². The van der Waals surface area contributed by atoms with Gasteiger partial charge in [-0.25, -0.2) is 0 Å². The van der Waals surface area contributed by atoms with Gasteiger partial charge in [0.1, 0.15) is 5.75 Å². The minimum absolute atomic E-state index is 0.0159. The van der Waals surface area contributed by atoms with Crippen molar-refractivity contribution in [2.45, 2.75) is 25.2 Å². The highest BCUT2D eigenvalue weighted by molar-refractivity contribution is 7.99. The normalized spacial score (nSPS) is 10.8. The lowest BCUT2D eigenvalue weighted by Gasteiger charge is -2.09. The van der Waals surface area contributed by atoms with Crippen LogP contribution in [0.3, 0.4) is 0 Å². The summed E-state index contributed by atoms with van der Waals surface area (Å²) in [5.41, 5.74) is 0.859. The van der Waals surface area contributed by atoms with Crippen LogP contribution in [-0.2, 0) is 11.3 Å². The SMILES string of the molecule is CCn1c(SCC(=O)Nc2cccc([N+](=O)[O-])c2)nnc1-c1ccc(OC(F)F)cc1. The number of benzene rings is 2. The summed E-state index contributed by atoms with van der Waals surface area (Å²) in [4.78, 5) is 22.5. The van der Waals surface area contributed by atoms with Crippen LogP contribution in [0.2, 0.25) is 0 Å². The standard InChI is InChI=1S/C19H17F2N5O4S/c1-2-25-17(12-6-8-15(9-7-12)30-18(20)21)23-24-19(25)31-11-16(27)22-13-4-3-5-14(10-13)26(28)29/h3-10,18H,2,11H2,1H3,(H,22,27). The molecule has 0 saturated carbocycles. The molecule has 162 valence electrons. The maximum absolute atomic E-state index is 12.3. The number of nitro benzene ring substituents is 1. The molecule has 2 aromatic carbocycles. The maximum Gasteiger partial charge on any atom is 0.387 e. The Hall–Kier alpha value is -3.54. The van der Waals surface area contributed by atoms with Crippen molar-refractivity contribution in [3.63, 3.8) is 0 Å². The first-order chi connectivity index (χ1) is 14.9. The number of hydrogen-bond acceptors (Lipinski definition) is 7. The average molecular weight is 449 g/mol. The predicted molar refractivity (Wildman–Crippen MR) is 110 cm³/mol. The van der Waals surface area contributed by atoms with Gasteiger partial charge in [0.25, 0.3) is 5.69 Å². The summed E-state index contributed by atoms with van der Waals surface area (Å²) in [5.74, 6) is 0.217. The molecule has 3 rings (SSSR count). The first-order valence-corrected chi connectivity index (χ1v) is 10.0. The van der Waals surface area contributed by atoms with Gasteiger partial charge in [0, 0.05) is 29.9 Å². The predicted octanol–water partition coefficient (Wildman–Crippen LogP) is 4.21. The van der Waals surface area contributed by atoms with E-state index in [0.29, 0.717) is 28.8 Å². The summed E-state index contributed by atoms with van der Waals surface area (Å²) >= 11 is 1.16. The Kier molecular flexibility index (Phi) is 7.13. The molecular formula is C19H17F2N5O4S. The van der Waals surface area contributed by atoms with Gasteiger partial charge in [-0.3, -0.25) is 14.9 Å². The second-order valence-electron chi connectivity index (χ2n) is 6.10. The van der Waals surface area contributed by atoms with Gasteiger partial charge in [0.05, 0.1) is 10.7 Å². The van der Waals surface area contributed by atoms with Crippen LogP contribution in [-0.4, -0.2) is 38.0 Å². The lowest BCUT2D eigenvalue weighted by Crippen LogP contribution is -2.14. The van der Waals surface area contributed by atoms with Gasteiger partial charge in [0.15, 0.2) is 11.0 Å². The molecular weight excluding hydrogens is 432 g/mol. The Balaban J connectivity index is 1.66. The van der Waals surface area contributed by atoms with Crippen molar-refractivity contribution in [3.05, 3.63) is 58.6 Å². The largest absolute Gasteiger partial charge is 0.435 e. The summed E-state index contributed by atoms with van der Waals surface area (Å²) in [6, 6.07) is 11.7. The first-order valence-electron chi connectivity index (χ1n) is 9.03. The Labute approximate surface area is 179 Å². The molecule has 0 bridgehead atoms. The number of rotatable bonds is 9. The summed E-state index contributed by atoms with van der Waals surface area (Å²) in [5, 5.41) is 22.2. The molecule has 1 amide bonds. The van der Waals surface area contributed by atoms with E-state index in [1.807, 2.05) is 6.92 Å². The first kappa shape index (κ1) is 22.2. The molecule has 0 aliphatic carbocycles. The van der Waals surface area contributed by atoms with Crippen LogP contribution < -0.4 is 10.1 Å². The highest BCUT2D eigenvalue weighted by Crippen LogP contribution is 2.26. The van der Waals surface area contributed by atoms with Crippen LogP contribution in [0.5, 0.6) is 5.75 Å². The number of non-ortho nitro benzene ring substituents is 1. The Morgan fingerprint density at radius 3 is 2.65 bits per heavy atom. The minimum Gasteiger partial charge on any atom is -0.435 e. The smallest absolute Gasteiger partial charge is 0.387 e. The molecule has 1 aromatic heterocycles. The lowest BCUT2D eigenvalue weighted by atomic mass is 10.2. The molecule has 3 aromatic rings. The van der Waals surface area contributed by atoms with Gasteiger partial charge >= 0.3 is 6.61 Å². The fourth-order valence-corrected chi connectivity index (χ4v) is 3.51. The van der Waals surface area contributed by atoms with Crippen molar-refractivity contribution < 1.29 is 23.2 Å². The van der Waals surface area contributed by atoms with Crippen LogP contribution >= 0.6 is 11.8 Å². The zero-order valence-corrected chi connectivity index (χ0v) is 17.0. The van der Waals surface area contributed by atoms with Crippen molar-refractivity contribution in [1.82, 2.24) is 14.8 Å². The van der Waals surface area contributed by atoms with E-state index in [9.17, 15) is 23.7 Å². The summed E-state index contributed by atoms with van der Waals surface area (Å²) < 4.78 is 30.7. The number of thioether (sulfide) groups is 1. The third kappa shape index (κ3) is 5.75. The van der Waals surface area contributed by atoms with Crippen molar-refractivity contribution in [2.24, 2.45) is 0 Å². The van der Waals surface area contributed by atoms with E-state index in [1.54, 1.807) is 22.8 Å². The second-order valence-corrected chi connectivity index (χ2v) is 7.04. The number of alkyl halides is 2. The fourth-order valence-electron chi connectivity index (χ4n) is 2.70. The number of aromatic nitrogens is 3. The number of nitro groups is 1. The van der Waals surface area contributed by atoms with E-state index in [2.05, 4.69) is 20.3 Å². The van der Waals surface area contributed by atoms with Gasteiger partial charge in [-0.05, 0) is 37.3 Å². The molecule has 0 radical (unpaired) electrons.